The molecular formula is C30H25NO5. The summed E-state index contributed by atoms with van der Waals surface area (Å²) >= 11 is 0. The van der Waals surface area contributed by atoms with Crippen molar-refractivity contribution in [3.8, 4) is 16.9 Å². The zero-order chi connectivity index (χ0) is 24.9. The fraction of sp³-hybridized carbons (Fsp3) is 0.133. The second-order valence-corrected chi connectivity index (χ2v) is 8.58. The maximum absolute atomic E-state index is 12.6. The van der Waals surface area contributed by atoms with Crippen LogP contribution >= 0.6 is 0 Å². The number of nitrogens with one attached hydrogen (secondary N) is 1. The largest absolute Gasteiger partial charge is 0.489 e. The van der Waals surface area contributed by atoms with Crippen molar-refractivity contribution in [2.24, 2.45) is 0 Å². The van der Waals surface area contributed by atoms with Gasteiger partial charge in [0.05, 0.1) is 0 Å². The SMILES string of the molecule is O=C(NC(C(=O)O)c1ccc(OCc2ccccc2)cc1)OCC1c2ccccc2-c2ccccc21. The molecule has 0 aromatic heterocycles. The molecule has 4 aromatic carbocycles. The number of carboxylic acids is 1. The molecule has 0 fully saturated rings. The number of alkyl carbamates (subject to hydrolysis) is 1. The number of carboxylic acid groups (broad SMARTS) is 1. The Kier molecular flexibility index (Phi) is 6.67. The van der Waals surface area contributed by atoms with Crippen molar-refractivity contribution in [2.75, 3.05) is 6.61 Å². The highest BCUT2D eigenvalue weighted by atomic mass is 16.5. The van der Waals surface area contributed by atoms with Crippen molar-refractivity contribution in [1.29, 1.82) is 0 Å². The van der Waals surface area contributed by atoms with Gasteiger partial charge in [-0.1, -0.05) is 91.0 Å². The average molecular weight is 480 g/mol. The molecule has 0 heterocycles. The zero-order valence-electron chi connectivity index (χ0n) is 19.5. The van der Waals surface area contributed by atoms with Crippen LogP contribution in [0.4, 0.5) is 4.79 Å². The number of aliphatic carboxylic acids is 1. The molecule has 1 aliphatic rings. The molecule has 6 heteroatoms. The number of carbonyl (C=O) groups is 2. The van der Waals surface area contributed by atoms with E-state index in [4.69, 9.17) is 9.47 Å². The van der Waals surface area contributed by atoms with E-state index in [1.54, 1.807) is 24.3 Å². The van der Waals surface area contributed by atoms with Crippen LogP contribution in [0.25, 0.3) is 11.1 Å². The molecule has 0 radical (unpaired) electrons. The molecule has 1 aliphatic carbocycles. The summed E-state index contributed by atoms with van der Waals surface area (Å²) in [5.74, 6) is -0.679. The van der Waals surface area contributed by atoms with Gasteiger partial charge in [-0.05, 0) is 45.5 Å². The van der Waals surface area contributed by atoms with Gasteiger partial charge < -0.3 is 19.9 Å². The summed E-state index contributed by atoms with van der Waals surface area (Å²) in [5.41, 5.74) is 5.88. The van der Waals surface area contributed by atoms with Gasteiger partial charge in [-0.3, -0.25) is 0 Å². The van der Waals surface area contributed by atoms with Crippen molar-refractivity contribution in [3.63, 3.8) is 0 Å². The molecule has 36 heavy (non-hydrogen) atoms. The van der Waals surface area contributed by atoms with E-state index in [1.807, 2.05) is 66.7 Å². The Labute approximate surface area is 209 Å². The van der Waals surface area contributed by atoms with Crippen molar-refractivity contribution in [2.45, 2.75) is 18.6 Å². The molecule has 4 aromatic rings. The van der Waals surface area contributed by atoms with E-state index in [-0.39, 0.29) is 12.5 Å². The molecule has 180 valence electrons. The van der Waals surface area contributed by atoms with Crippen LogP contribution in [0.1, 0.15) is 34.2 Å². The highest BCUT2D eigenvalue weighted by Crippen LogP contribution is 2.44. The van der Waals surface area contributed by atoms with E-state index in [1.165, 1.54) is 0 Å². The minimum Gasteiger partial charge on any atom is -0.489 e. The summed E-state index contributed by atoms with van der Waals surface area (Å²) in [6.07, 6.45) is -0.784. The monoisotopic (exact) mass is 479 g/mol. The van der Waals surface area contributed by atoms with E-state index in [2.05, 4.69) is 17.4 Å². The van der Waals surface area contributed by atoms with Gasteiger partial charge in [0.25, 0.3) is 0 Å². The first kappa shape index (κ1) is 23.2. The number of rotatable bonds is 8. The molecule has 2 N–H and O–H groups in total. The summed E-state index contributed by atoms with van der Waals surface area (Å²) in [6, 6.07) is 31.2. The van der Waals surface area contributed by atoms with Crippen LogP contribution in [0, 0.1) is 0 Å². The number of ether oxygens (including phenoxy) is 2. The Balaban J connectivity index is 1.22. The van der Waals surface area contributed by atoms with E-state index in [0.717, 1.165) is 27.8 Å². The number of hydrogen-bond acceptors (Lipinski definition) is 4. The zero-order valence-corrected chi connectivity index (χ0v) is 19.5. The van der Waals surface area contributed by atoms with Gasteiger partial charge in [0, 0.05) is 5.92 Å². The molecule has 1 unspecified atom stereocenters. The number of hydrogen-bond donors (Lipinski definition) is 2. The van der Waals surface area contributed by atoms with Crippen LogP contribution in [0.15, 0.2) is 103 Å². The molecule has 1 atom stereocenters. The van der Waals surface area contributed by atoms with Crippen LogP contribution in [0.5, 0.6) is 5.75 Å². The average Bonchev–Trinajstić information content (AvgIpc) is 3.24. The number of carbonyl (C=O) groups excluding carboxylic acids is 1. The van der Waals surface area contributed by atoms with Crippen LogP contribution < -0.4 is 10.1 Å². The second kappa shape index (κ2) is 10.4. The topological polar surface area (TPSA) is 84.9 Å². The number of benzene rings is 4. The summed E-state index contributed by atoms with van der Waals surface area (Å²) in [4.78, 5) is 24.5. The molecule has 5 rings (SSSR count). The third kappa shape index (κ3) is 4.93. The van der Waals surface area contributed by atoms with Gasteiger partial charge in [-0.25, -0.2) is 9.59 Å². The third-order valence-corrected chi connectivity index (χ3v) is 6.31. The van der Waals surface area contributed by atoms with Gasteiger partial charge in [0.1, 0.15) is 19.0 Å². The van der Waals surface area contributed by atoms with Crippen molar-refractivity contribution in [1.82, 2.24) is 5.32 Å². The standard InChI is InChI=1S/C30H25NO5/c32-29(33)28(21-14-16-22(17-15-21)35-18-20-8-2-1-3-9-20)31-30(34)36-19-27-25-12-6-4-10-23(25)24-11-5-7-13-26(24)27/h1-17,27-28H,18-19H2,(H,31,34)(H,32,33). The molecule has 0 saturated carbocycles. The molecule has 0 bridgehead atoms. The minimum atomic E-state index is -1.25. The van der Waals surface area contributed by atoms with E-state index < -0.39 is 18.1 Å². The molecule has 6 nitrogen and oxygen atoms in total. The highest BCUT2D eigenvalue weighted by Gasteiger charge is 2.30. The molecule has 0 spiro atoms. The van der Waals surface area contributed by atoms with E-state index >= 15 is 0 Å². The predicted octanol–water partition coefficient (Wildman–Crippen LogP) is 5.93. The Hall–Kier alpha value is -4.58. The first-order valence-electron chi connectivity index (χ1n) is 11.7. The predicted molar refractivity (Wildman–Crippen MR) is 136 cm³/mol. The lowest BCUT2D eigenvalue weighted by Crippen LogP contribution is -2.34. The number of amides is 1. The van der Waals surface area contributed by atoms with Crippen LogP contribution in [0.2, 0.25) is 0 Å². The van der Waals surface area contributed by atoms with Gasteiger partial charge in [0.2, 0.25) is 0 Å². The van der Waals surface area contributed by atoms with E-state index in [9.17, 15) is 14.7 Å². The fourth-order valence-electron chi connectivity index (χ4n) is 4.54. The first-order chi connectivity index (χ1) is 17.6. The Morgan fingerprint density at radius 1 is 0.778 bits per heavy atom. The van der Waals surface area contributed by atoms with E-state index in [0.29, 0.717) is 17.9 Å². The maximum atomic E-state index is 12.6. The van der Waals surface area contributed by atoms with Crippen molar-refractivity contribution < 1.29 is 24.2 Å². The number of fused-ring (bicyclic) bond motifs is 3. The van der Waals surface area contributed by atoms with Crippen molar-refractivity contribution >= 4 is 12.1 Å². The molecule has 0 aliphatic heterocycles. The second-order valence-electron chi connectivity index (χ2n) is 8.58. The summed E-state index contributed by atoms with van der Waals surface area (Å²) in [6.45, 7) is 0.513. The Bertz CT molecular complexity index is 1320. The van der Waals surface area contributed by atoms with Crippen molar-refractivity contribution in [3.05, 3.63) is 125 Å². The minimum absolute atomic E-state index is 0.104. The molecule has 1 amide bonds. The van der Waals surface area contributed by atoms with Gasteiger partial charge in [0.15, 0.2) is 6.04 Å². The lowest BCUT2D eigenvalue weighted by atomic mass is 9.98. The van der Waals surface area contributed by atoms with Crippen LogP contribution in [-0.2, 0) is 16.1 Å². The Morgan fingerprint density at radius 3 is 1.97 bits per heavy atom. The highest BCUT2D eigenvalue weighted by molar-refractivity contribution is 5.82. The lowest BCUT2D eigenvalue weighted by molar-refractivity contribution is -0.139. The molecule has 0 saturated heterocycles. The summed E-state index contributed by atoms with van der Waals surface area (Å²) < 4.78 is 11.3. The fourth-order valence-corrected chi connectivity index (χ4v) is 4.54. The molecular weight excluding hydrogens is 454 g/mol. The lowest BCUT2D eigenvalue weighted by Gasteiger charge is -2.18. The van der Waals surface area contributed by atoms with Crippen LogP contribution in [0.3, 0.4) is 0 Å². The maximum Gasteiger partial charge on any atom is 0.408 e. The Morgan fingerprint density at radius 2 is 1.36 bits per heavy atom. The van der Waals surface area contributed by atoms with Gasteiger partial charge >= 0.3 is 12.1 Å². The normalized spacial score (nSPS) is 12.8. The summed E-state index contributed by atoms with van der Waals surface area (Å²) in [5, 5.41) is 12.2. The van der Waals surface area contributed by atoms with Crippen LogP contribution in [-0.4, -0.2) is 23.8 Å². The first-order valence-corrected chi connectivity index (χ1v) is 11.7. The quantitative estimate of drug-likeness (QED) is 0.327. The van der Waals surface area contributed by atoms with Gasteiger partial charge in [-0.2, -0.15) is 0 Å². The summed E-state index contributed by atoms with van der Waals surface area (Å²) in [7, 11) is 0. The van der Waals surface area contributed by atoms with Gasteiger partial charge in [-0.15, -0.1) is 0 Å². The third-order valence-electron chi connectivity index (χ3n) is 6.31. The smallest absolute Gasteiger partial charge is 0.408 e.